The minimum Gasteiger partial charge on any atom is -0.295 e. The summed E-state index contributed by atoms with van der Waals surface area (Å²) in [5.74, 6) is -1.65. The molecular weight excluding hydrogens is 214 g/mol. The number of carbonyl (C=O) groups is 1. The third kappa shape index (κ3) is 3.68. The van der Waals surface area contributed by atoms with Crippen LogP contribution in [0, 0.1) is 11.6 Å². The van der Waals surface area contributed by atoms with Crippen molar-refractivity contribution in [1.29, 1.82) is 0 Å². The summed E-state index contributed by atoms with van der Waals surface area (Å²) in [6.07, 6.45) is 1.34. The Kier molecular flexibility index (Phi) is 3.99. The lowest BCUT2D eigenvalue weighted by Crippen LogP contribution is -2.28. The Morgan fingerprint density at radius 1 is 1.31 bits per heavy atom. The summed E-state index contributed by atoms with van der Waals surface area (Å²) in [5.41, 5.74) is 5.22. The Morgan fingerprint density at radius 3 is 2.62 bits per heavy atom. The number of hydrogen-bond donors (Lipinski definition) is 2. The van der Waals surface area contributed by atoms with E-state index in [0.29, 0.717) is 0 Å². The van der Waals surface area contributed by atoms with Crippen LogP contribution in [0.15, 0.2) is 29.8 Å². The zero-order chi connectivity index (χ0) is 12.1. The minimum absolute atomic E-state index is 0.115. The van der Waals surface area contributed by atoms with E-state index >= 15 is 0 Å². The molecule has 0 fully saturated rings. The summed E-state index contributed by atoms with van der Waals surface area (Å²) < 4.78 is 25.8. The molecule has 0 radical (unpaired) electrons. The van der Waals surface area contributed by atoms with Gasteiger partial charge in [-0.15, -0.1) is 0 Å². The standard InChI is InChI=1S/C11H12F2N2O/c1-7(2)5-11(16)15-14-10-6-8(12)3-4-9(10)13/h3-6,14H,1-2H3,(H,15,16). The number of nitrogens with one attached hydrogen (secondary N) is 2. The highest BCUT2D eigenvalue weighted by Gasteiger charge is 2.03. The molecule has 0 aliphatic carbocycles. The van der Waals surface area contributed by atoms with Crippen LogP contribution in [0.3, 0.4) is 0 Å². The summed E-state index contributed by atoms with van der Waals surface area (Å²) in [5, 5.41) is 0. The molecule has 16 heavy (non-hydrogen) atoms. The molecule has 0 bridgehead atoms. The number of allylic oxidation sites excluding steroid dienone is 1. The van der Waals surface area contributed by atoms with Crippen molar-refractivity contribution in [1.82, 2.24) is 5.43 Å². The molecule has 0 aliphatic heterocycles. The van der Waals surface area contributed by atoms with Gasteiger partial charge in [-0.2, -0.15) is 0 Å². The summed E-state index contributed by atoms with van der Waals surface area (Å²) in [4.78, 5) is 11.2. The van der Waals surface area contributed by atoms with Gasteiger partial charge in [0.1, 0.15) is 11.6 Å². The molecule has 0 aliphatic rings. The Morgan fingerprint density at radius 2 is 2.00 bits per heavy atom. The van der Waals surface area contributed by atoms with E-state index in [9.17, 15) is 13.6 Å². The van der Waals surface area contributed by atoms with Crippen LogP contribution in [0.5, 0.6) is 0 Å². The first-order valence-electron chi connectivity index (χ1n) is 4.65. The smallest absolute Gasteiger partial charge is 0.262 e. The third-order valence-corrected chi connectivity index (χ3v) is 1.67. The van der Waals surface area contributed by atoms with Crippen LogP contribution in [0.1, 0.15) is 13.8 Å². The summed E-state index contributed by atoms with van der Waals surface area (Å²) >= 11 is 0. The van der Waals surface area contributed by atoms with Gasteiger partial charge >= 0.3 is 0 Å². The van der Waals surface area contributed by atoms with Gasteiger partial charge in [-0.3, -0.25) is 15.6 Å². The van der Waals surface area contributed by atoms with Crippen LogP contribution in [0.2, 0.25) is 0 Å². The Bertz CT molecular complexity index is 426. The van der Waals surface area contributed by atoms with E-state index < -0.39 is 17.5 Å². The minimum atomic E-state index is -0.640. The number of carbonyl (C=O) groups excluding carboxylic acids is 1. The number of benzene rings is 1. The number of anilines is 1. The molecule has 86 valence electrons. The van der Waals surface area contributed by atoms with Gasteiger partial charge in [0.2, 0.25) is 0 Å². The average Bonchev–Trinajstić information content (AvgIpc) is 2.18. The van der Waals surface area contributed by atoms with Crippen molar-refractivity contribution in [3.8, 4) is 0 Å². The van der Waals surface area contributed by atoms with Crippen molar-refractivity contribution in [3.05, 3.63) is 41.5 Å². The first-order chi connectivity index (χ1) is 7.49. The first-order valence-corrected chi connectivity index (χ1v) is 4.65. The molecule has 5 heteroatoms. The maximum absolute atomic E-state index is 13.1. The third-order valence-electron chi connectivity index (χ3n) is 1.67. The molecular formula is C11H12F2N2O. The number of amides is 1. The Hall–Kier alpha value is -1.91. The van der Waals surface area contributed by atoms with Gasteiger partial charge in [0, 0.05) is 12.1 Å². The van der Waals surface area contributed by atoms with Crippen LogP contribution in [0.25, 0.3) is 0 Å². The average molecular weight is 226 g/mol. The zero-order valence-corrected chi connectivity index (χ0v) is 8.97. The molecule has 2 N–H and O–H groups in total. The van der Waals surface area contributed by atoms with E-state index in [4.69, 9.17) is 0 Å². The maximum Gasteiger partial charge on any atom is 0.262 e. The van der Waals surface area contributed by atoms with E-state index in [2.05, 4.69) is 10.9 Å². The van der Waals surface area contributed by atoms with E-state index in [1.807, 2.05) is 0 Å². The predicted molar refractivity (Wildman–Crippen MR) is 57.6 cm³/mol. The highest BCUT2D eigenvalue weighted by atomic mass is 19.1. The van der Waals surface area contributed by atoms with Gasteiger partial charge in [0.25, 0.3) is 5.91 Å². The molecule has 0 unspecified atom stereocenters. The van der Waals surface area contributed by atoms with Crippen molar-refractivity contribution in [2.45, 2.75) is 13.8 Å². The van der Waals surface area contributed by atoms with Crippen molar-refractivity contribution < 1.29 is 13.6 Å². The van der Waals surface area contributed by atoms with Crippen molar-refractivity contribution >= 4 is 11.6 Å². The quantitative estimate of drug-likeness (QED) is 0.613. The lowest BCUT2D eigenvalue weighted by molar-refractivity contribution is -0.116. The molecule has 0 saturated carbocycles. The molecule has 1 aromatic carbocycles. The van der Waals surface area contributed by atoms with E-state index in [1.54, 1.807) is 13.8 Å². The van der Waals surface area contributed by atoms with Crippen LogP contribution in [-0.4, -0.2) is 5.91 Å². The fourth-order valence-corrected chi connectivity index (χ4v) is 1.02. The van der Waals surface area contributed by atoms with Crippen LogP contribution in [0.4, 0.5) is 14.5 Å². The highest BCUT2D eigenvalue weighted by molar-refractivity contribution is 5.88. The molecule has 3 nitrogen and oxygen atoms in total. The number of hydrazine groups is 1. The predicted octanol–water partition coefficient (Wildman–Crippen LogP) is 2.37. The van der Waals surface area contributed by atoms with E-state index in [-0.39, 0.29) is 5.69 Å². The van der Waals surface area contributed by atoms with Crippen molar-refractivity contribution in [3.63, 3.8) is 0 Å². The van der Waals surface area contributed by atoms with Gasteiger partial charge in [-0.25, -0.2) is 8.78 Å². The Labute approximate surface area is 92.1 Å². The van der Waals surface area contributed by atoms with Gasteiger partial charge in [0.05, 0.1) is 5.69 Å². The highest BCUT2D eigenvalue weighted by Crippen LogP contribution is 2.13. The monoisotopic (exact) mass is 226 g/mol. The summed E-state index contributed by atoms with van der Waals surface area (Å²) in [6.45, 7) is 3.50. The number of hydrogen-bond acceptors (Lipinski definition) is 2. The largest absolute Gasteiger partial charge is 0.295 e. The molecule has 1 amide bonds. The lowest BCUT2D eigenvalue weighted by Gasteiger charge is -2.07. The second-order valence-electron chi connectivity index (χ2n) is 3.46. The molecule has 0 aromatic heterocycles. The molecule has 0 spiro atoms. The van der Waals surface area contributed by atoms with Crippen molar-refractivity contribution in [2.75, 3.05) is 5.43 Å². The van der Waals surface area contributed by atoms with Gasteiger partial charge in [-0.1, -0.05) is 5.57 Å². The van der Waals surface area contributed by atoms with Crippen LogP contribution < -0.4 is 10.9 Å². The molecule has 0 heterocycles. The molecule has 1 rings (SSSR count). The first kappa shape index (κ1) is 12.2. The number of halogens is 2. The number of rotatable bonds is 3. The van der Waals surface area contributed by atoms with Gasteiger partial charge in [0.15, 0.2) is 0 Å². The molecule has 0 saturated heterocycles. The van der Waals surface area contributed by atoms with E-state index in [0.717, 1.165) is 23.8 Å². The van der Waals surface area contributed by atoms with Crippen LogP contribution >= 0.6 is 0 Å². The fourth-order valence-electron chi connectivity index (χ4n) is 1.02. The Balaban J connectivity index is 2.64. The maximum atomic E-state index is 13.1. The van der Waals surface area contributed by atoms with Crippen LogP contribution in [-0.2, 0) is 4.79 Å². The van der Waals surface area contributed by atoms with Gasteiger partial charge < -0.3 is 0 Å². The lowest BCUT2D eigenvalue weighted by atomic mass is 10.3. The topological polar surface area (TPSA) is 41.1 Å². The normalized spacial score (nSPS) is 9.50. The molecule has 0 atom stereocenters. The zero-order valence-electron chi connectivity index (χ0n) is 8.97. The second-order valence-corrected chi connectivity index (χ2v) is 3.46. The summed E-state index contributed by atoms with van der Waals surface area (Å²) in [6, 6.07) is 2.93. The SMILES string of the molecule is CC(C)=CC(=O)NNc1cc(F)ccc1F. The second kappa shape index (κ2) is 5.25. The van der Waals surface area contributed by atoms with Crippen molar-refractivity contribution in [2.24, 2.45) is 0 Å². The summed E-state index contributed by atoms with van der Waals surface area (Å²) in [7, 11) is 0. The van der Waals surface area contributed by atoms with Gasteiger partial charge in [-0.05, 0) is 26.0 Å². The molecule has 1 aromatic rings. The van der Waals surface area contributed by atoms with E-state index in [1.165, 1.54) is 6.08 Å². The fraction of sp³-hybridized carbons (Fsp3) is 0.182.